The van der Waals surface area contributed by atoms with E-state index in [0.717, 1.165) is 16.5 Å². The second kappa shape index (κ2) is 7.02. The second-order valence-corrected chi connectivity index (χ2v) is 7.83. The van der Waals surface area contributed by atoms with Crippen LogP contribution in [0.1, 0.15) is 32.3 Å². The summed E-state index contributed by atoms with van der Waals surface area (Å²) >= 11 is 3.37. The monoisotopic (exact) mass is 415 g/mol. The van der Waals surface area contributed by atoms with Gasteiger partial charge in [-0.15, -0.1) is 12.4 Å². The van der Waals surface area contributed by atoms with Crippen LogP contribution in [0.4, 0.5) is 0 Å². The van der Waals surface area contributed by atoms with Crippen LogP contribution in [0.5, 0.6) is 0 Å². The van der Waals surface area contributed by atoms with Crippen molar-refractivity contribution < 1.29 is 9.59 Å². The number of hydrogen-bond donors (Lipinski definition) is 2. The highest BCUT2D eigenvalue weighted by atomic mass is 79.9. The third kappa shape index (κ3) is 3.76. The van der Waals surface area contributed by atoms with Gasteiger partial charge >= 0.3 is 0 Å². The summed E-state index contributed by atoms with van der Waals surface area (Å²) in [6.07, 6.45) is 1.44. The van der Waals surface area contributed by atoms with E-state index in [4.69, 9.17) is 5.73 Å². The fraction of sp³-hybridized carbons (Fsp3) is 0.529. The molecule has 1 aromatic rings. The van der Waals surface area contributed by atoms with Crippen molar-refractivity contribution in [3.05, 3.63) is 34.3 Å². The minimum absolute atomic E-state index is 0. The van der Waals surface area contributed by atoms with Crippen LogP contribution in [0, 0.1) is 5.92 Å². The molecule has 5 nitrogen and oxygen atoms in total. The number of carbonyl (C=O) groups excluding carboxylic acids is 2. The van der Waals surface area contributed by atoms with Crippen LogP contribution in [0.25, 0.3) is 0 Å². The molecule has 1 aliphatic carbocycles. The van der Waals surface area contributed by atoms with E-state index in [-0.39, 0.29) is 30.3 Å². The first kappa shape index (κ1) is 19.2. The van der Waals surface area contributed by atoms with E-state index in [1.165, 1.54) is 0 Å². The average Bonchev–Trinajstić information content (AvgIpc) is 3.09. The molecule has 1 saturated carbocycles. The minimum atomic E-state index is -1.12. The van der Waals surface area contributed by atoms with Crippen LogP contribution in [0.15, 0.2) is 28.7 Å². The summed E-state index contributed by atoms with van der Waals surface area (Å²) in [5, 5.41) is 2.95. The minimum Gasteiger partial charge on any atom is -0.349 e. The van der Waals surface area contributed by atoms with Crippen LogP contribution in [0.2, 0.25) is 0 Å². The highest BCUT2D eigenvalue weighted by Crippen LogP contribution is 2.37. The largest absolute Gasteiger partial charge is 0.349 e. The molecule has 0 radical (unpaired) electrons. The van der Waals surface area contributed by atoms with Gasteiger partial charge in [-0.3, -0.25) is 9.59 Å². The Morgan fingerprint density at radius 1 is 1.38 bits per heavy atom. The number of rotatable bonds is 4. The van der Waals surface area contributed by atoms with E-state index >= 15 is 0 Å². The van der Waals surface area contributed by atoms with E-state index < -0.39 is 5.54 Å². The maximum Gasteiger partial charge on any atom is 0.244 e. The van der Waals surface area contributed by atoms with E-state index in [1.54, 1.807) is 6.92 Å². The first-order valence-corrected chi connectivity index (χ1v) is 8.73. The lowest BCUT2D eigenvalue weighted by atomic mass is 9.92. The van der Waals surface area contributed by atoms with Crippen molar-refractivity contribution in [1.82, 2.24) is 10.2 Å². The molecule has 1 heterocycles. The Kier molecular flexibility index (Phi) is 5.62. The molecule has 2 fully saturated rings. The van der Waals surface area contributed by atoms with Crippen molar-refractivity contribution in [3.63, 3.8) is 0 Å². The predicted molar refractivity (Wildman–Crippen MR) is 98.8 cm³/mol. The summed E-state index contributed by atoms with van der Waals surface area (Å²) in [5.41, 5.74) is 5.87. The van der Waals surface area contributed by atoms with E-state index in [2.05, 4.69) is 28.2 Å². The Balaban J connectivity index is 0.00000208. The van der Waals surface area contributed by atoms with Crippen molar-refractivity contribution in [2.45, 2.75) is 44.3 Å². The smallest absolute Gasteiger partial charge is 0.244 e. The molecule has 1 saturated heterocycles. The van der Waals surface area contributed by atoms with Gasteiger partial charge in [0.1, 0.15) is 5.54 Å². The molecule has 24 heavy (non-hydrogen) atoms. The molecule has 2 aliphatic rings. The van der Waals surface area contributed by atoms with Gasteiger partial charge in [-0.2, -0.15) is 0 Å². The molecule has 4 unspecified atom stereocenters. The highest BCUT2D eigenvalue weighted by Gasteiger charge is 2.45. The first-order valence-electron chi connectivity index (χ1n) is 7.94. The van der Waals surface area contributed by atoms with Crippen LogP contribution < -0.4 is 11.1 Å². The molecule has 2 amide bonds. The molecule has 4 atom stereocenters. The molecule has 3 rings (SSSR count). The van der Waals surface area contributed by atoms with Gasteiger partial charge in [-0.25, -0.2) is 0 Å². The van der Waals surface area contributed by atoms with Crippen LogP contribution in [-0.4, -0.2) is 35.3 Å². The number of halogens is 2. The summed E-state index contributed by atoms with van der Waals surface area (Å²) in [5.74, 6) is 0.464. The van der Waals surface area contributed by atoms with E-state index in [9.17, 15) is 9.59 Å². The first-order chi connectivity index (χ1) is 10.8. The van der Waals surface area contributed by atoms with Gasteiger partial charge in [-0.1, -0.05) is 35.0 Å². The standard InChI is InChI=1S/C17H22BrN3O2.ClH/c1-10-7-14(10)21-9-13(8-15(21)22)20-16(23)17(2,19)11-3-5-12(18)6-4-11;/h3-6,10,13-14H,7-9,19H2,1-2H3,(H,20,23);1H. The fourth-order valence-corrected chi connectivity index (χ4v) is 3.41. The van der Waals surface area contributed by atoms with E-state index in [1.807, 2.05) is 29.2 Å². The summed E-state index contributed by atoms with van der Waals surface area (Å²) in [4.78, 5) is 26.6. The Hall–Kier alpha value is -1.11. The number of likely N-dealkylation sites (tertiary alicyclic amines) is 1. The number of amides is 2. The van der Waals surface area contributed by atoms with Gasteiger partial charge in [0.05, 0.1) is 6.04 Å². The summed E-state index contributed by atoms with van der Waals surface area (Å²) in [7, 11) is 0. The van der Waals surface area contributed by atoms with Crippen LogP contribution in [-0.2, 0) is 15.1 Å². The lowest BCUT2D eigenvalue weighted by Crippen LogP contribution is -2.52. The summed E-state index contributed by atoms with van der Waals surface area (Å²) in [6.45, 7) is 4.44. The van der Waals surface area contributed by atoms with Crippen molar-refractivity contribution in [1.29, 1.82) is 0 Å². The molecular formula is C17H23BrClN3O2. The maximum absolute atomic E-state index is 12.6. The third-order valence-electron chi connectivity index (χ3n) is 4.88. The Morgan fingerprint density at radius 2 is 1.96 bits per heavy atom. The number of hydrogen-bond acceptors (Lipinski definition) is 3. The molecule has 7 heteroatoms. The summed E-state index contributed by atoms with van der Waals surface area (Å²) in [6, 6.07) is 7.61. The van der Waals surface area contributed by atoms with Gasteiger partial charge < -0.3 is 16.0 Å². The zero-order valence-electron chi connectivity index (χ0n) is 13.8. The Labute approximate surface area is 156 Å². The molecule has 132 valence electrons. The van der Waals surface area contributed by atoms with Crippen molar-refractivity contribution in [2.75, 3.05) is 6.54 Å². The van der Waals surface area contributed by atoms with Crippen molar-refractivity contribution >= 4 is 40.2 Å². The molecule has 0 aromatic heterocycles. The normalized spacial score (nSPS) is 28.1. The van der Waals surface area contributed by atoms with Gasteiger partial charge in [0.15, 0.2) is 0 Å². The number of nitrogens with zero attached hydrogens (tertiary/aromatic N) is 1. The molecule has 0 bridgehead atoms. The summed E-state index contributed by atoms with van der Waals surface area (Å²) < 4.78 is 0.938. The van der Waals surface area contributed by atoms with Gasteiger partial charge in [0.2, 0.25) is 11.8 Å². The van der Waals surface area contributed by atoms with Gasteiger partial charge in [0.25, 0.3) is 0 Å². The quantitative estimate of drug-likeness (QED) is 0.790. The lowest BCUT2D eigenvalue weighted by molar-refractivity contribution is -0.128. The highest BCUT2D eigenvalue weighted by molar-refractivity contribution is 9.10. The number of benzene rings is 1. The average molecular weight is 417 g/mol. The molecule has 0 spiro atoms. The topological polar surface area (TPSA) is 75.4 Å². The van der Waals surface area contributed by atoms with Crippen molar-refractivity contribution in [3.8, 4) is 0 Å². The van der Waals surface area contributed by atoms with E-state index in [0.29, 0.717) is 24.9 Å². The van der Waals surface area contributed by atoms with Crippen LogP contribution >= 0.6 is 28.3 Å². The van der Waals surface area contributed by atoms with Gasteiger partial charge in [-0.05, 0) is 37.0 Å². The number of nitrogens with one attached hydrogen (secondary N) is 1. The maximum atomic E-state index is 12.6. The number of nitrogens with two attached hydrogens (primary N) is 1. The van der Waals surface area contributed by atoms with Crippen molar-refractivity contribution in [2.24, 2.45) is 11.7 Å². The molecular weight excluding hydrogens is 394 g/mol. The van der Waals surface area contributed by atoms with Gasteiger partial charge in [0, 0.05) is 23.5 Å². The Morgan fingerprint density at radius 3 is 2.50 bits per heavy atom. The SMILES string of the molecule is CC1CC1N1CC(NC(=O)C(C)(N)c2ccc(Br)cc2)CC1=O.Cl. The van der Waals surface area contributed by atoms with Crippen LogP contribution in [0.3, 0.4) is 0 Å². The molecule has 1 aromatic carbocycles. The zero-order chi connectivity index (χ0) is 16.8. The molecule has 1 aliphatic heterocycles. The predicted octanol–water partition coefficient (Wildman–Crippen LogP) is 2.17. The number of carbonyl (C=O) groups is 2. The molecule has 3 N–H and O–H groups in total. The zero-order valence-corrected chi connectivity index (χ0v) is 16.2. The Bertz CT molecular complexity index is 635. The fourth-order valence-electron chi connectivity index (χ4n) is 3.15. The lowest BCUT2D eigenvalue weighted by Gasteiger charge is -2.26. The second-order valence-electron chi connectivity index (χ2n) is 6.91. The third-order valence-corrected chi connectivity index (χ3v) is 5.41.